The third-order valence-electron chi connectivity index (χ3n) is 2.18. The molecule has 16 heavy (non-hydrogen) atoms. The fourth-order valence-electron chi connectivity index (χ4n) is 1.12. The standard InChI is InChI=1S/C10H13BrN2O3/c1-6(10(15)16)2-3-12-9(14)8-4-7(11)5-13-8/h4-6,13H,2-3H2,1H3,(H,12,14)(H,15,16). The van der Waals surface area contributed by atoms with Crippen molar-refractivity contribution in [2.45, 2.75) is 13.3 Å². The molecule has 1 heterocycles. The summed E-state index contributed by atoms with van der Waals surface area (Å²) in [5.74, 6) is -1.53. The summed E-state index contributed by atoms with van der Waals surface area (Å²) < 4.78 is 0.802. The summed E-state index contributed by atoms with van der Waals surface area (Å²) in [5.41, 5.74) is 0.454. The van der Waals surface area contributed by atoms with Gasteiger partial charge in [-0.2, -0.15) is 0 Å². The first-order chi connectivity index (χ1) is 7.50. The monoisotopic (exact) mass is 288 g/mol. The van der Waals surface area contributed by atoms with E-state index in [4.69, 9.17) is 5.11 Å². The zero-order valence-electron chi connectivity index (χ0n) is 8.79. The second-order valence-electron chi connectivity index (χ2n) is 3.52. The van der Waals surface area contributed by atoms with Crippen LogP contribution >= 0.6 is 15.9 Å². The minimum Gasteiger partial charge on any atom is -0.481 e. The Hall–Kier alpha value is -1.30. The van der Waals surface area contributed by atoms with Crippen molar-refractivity contribution in [1.82, 2.24) is 10.3 Å². The molecule has 0 bridgehead atoms. The number of hydrogen-bond acceptors (Lipinski definition) is 2. The molecule has 0 saturated carbocycles. The van der Waals surface area contributed by atoms with Crippen molar-refractivity contribution in [3.05, 3.63) is 22.4 Å². The normalized spacial score (nSPS) is 12.1. The molecule has 0 aromatic carbocycles. The van der Waals surface area contributed by atoms with E-state index in [1.54, 1.807) is 19.2 Å². The predicted octanol–water partition coefficient (Wildman–Crippen LogP) is 1.62. The maximum atomic E-state index is 11.5. The van der Waals surface area contributed by atoms with Crippen molar-refractivity contribution in [3.63, 3.8) is 0 Å². The second kappa shape index (κ2) is 5.69. The van der Waals surface area contributed by atoms with E-state index in [9.17, 15) is 9.59 Å². The number of carboxylic acid groups (broad SMARTS) is 1. The molecule has 6 heteroatoms. The van der Waals surface area contributed by atoms with Gasteiger partial charge in [-0.25, -0.2) is 0 Å². The second-order valence-corrected chi connectivity index (χ2v) is 4.43. The number of rotatable bonds is 5. The summed E-state index contributed by atoms with van der Waals surface area (Å²) >= 11 is 3.22. The van der Waals surface area contributed by atoms with Gasteiger partial charge in [0.1, 0.15) is 5.69 Å². The van der Waals surface area contributed by atoms with E-state index >= 15 is 0 Å². The molecule has 1 aromatic heterocycles. The van der Waals surface area contributed by atoms with Crippen LogP contribution < -0.4 is 5.32 Å². The Morgan fingerprint density at radius 2 is 2.31 bits per heavy atom. The molecule has 1 aromatic rings. The topological polar surface area (TPSA) is 82.2 Å². The van der Waals surface area contributed by atoms with Crippen LogP contribution in [0.2, 0.25) is 0 Å². The number of aliphatic carboxylic acids is 1. The molecule has 1 unspecified atom stereocenters. The first kappa shape index (κ1) is 12.8. The van der Waals surface area contributed by atoms with Crippen molar-refractivity contribution in [2.24, 2.45) is 5.92 Å². The number of nitrogens with one attached hydrogen (secondary N) is 2. The van der Waals surface area contributed by atoms with Crippen molar-refractivity contribution in [3.8, 4) is 0 Å². The van der Waals surface area contributed by atoms with E-state index in [0.29, 0.717) is 18.7 Å². The Balaban J connectivity index is 2.34. The van der Waals surface area contributed by atoms with Gasteiger partial charge in [0.05, 0.1) is 5.92 Å². The van der Waals surface area contributed by atoms with Gasteiger partial charge in [0.15, 0.2) is 0 Å². The van der Waals surface area contributed by atoms with Crippen LogP contribution in [0.3, 0.4) is 0 Å². The molecule has 0 radical (unpaired) electrons. The summed E-state index contributed by atoms with van der Waals surface area (Å²) in [4.78, 5) is 24.8. The largest absolute Gasteiger partial charge is 0.481 e. The Labute approximate surface area is 101 Å². The molecule has 0 fully saturated rings. The summed E-state index contributed by atoms with van der Waals surface area (Å²) in [6.07, 6.45) is 2.08. The van der Waals surface area contributed by atoms with Gasteiger partial charge < -0.3 is 15.4 Å². The molecule has 0 aliphatic carbocycles. The van der Waals surface area contributed by atoms with Crippen LogP contribution in [0.15, 0.2) is 16.7 Å². The van der Waals surface area contributed by atoms with E-state index in [1.165, 1.54) is 0 Å². The number of aromatic amines is 1. The Morgan fingerprint density at radius 3 is 2.81 bits per heavy atom. The van der Waals surface area contributed by atoms with Gasteiger partial charge >= 0.3 is 5.97 Å². The third kappa shape index (κ3) is 3.69. The average molecular weight is 289 g/mol. The zero-order valence-corrected chi connectivity index (χ0v) is 10.4. The van der Waals surface area contributed by atoms with Gasteiger partial charge in [-0.15, -0.1) is 0 Å². The minimum absolute atomic E-state index is 0.233. The molecule has 0 saturated heterocycles. The quantitative estimate of drug-likeness (QED) is 0.770. The number of carbonyl (C=O) groups excluding carboxylic acids is 1. The van der Waals surface area contributed by atoms with Crippen LogP contribution in [-0.4, -0.2) is 28.5 Å². The van der Waals surface area contributed by atoms with Crippen molar-refractivity contribution < 1.29 is 14.7 Å². The highest BCUT2D eigenvalue weighted by molar-refractivity contribution is 9.10. The lowest BCUT2D eigenvalue weighted by Gasteiger charge is -2.06. The first-order valence-electron chi connectivity index (χ1n) is 4.85. The fourth-order valence-corrected chi connectivity index (χ4v) is 1.46. The molecule has 3 N–H and O–H groups in total. The number of aromatic nitrogens is 1. The molecule has 0 spiro atoms. The van der Waals surface area contributed by atoms with E-state index in [1.807, 2.05) is 0 Å². The summed E-state index contributed by atoms with van der Waals surface area (Å²) in [7, 11) is 0. The van der Waals surface area contributed by atoms with Crippen LogP contribution in [0.25, 0.3) is 0 Å². The number of H-pyrrole nitrogens is 1. The minimum atomic E-state index is -0.850. The predicted molar refractivity (Wildman–Crippen MR) is 62.2 cm³/mol. The molecule has 1 atom stereocenters. The zero-order chi connectivity index (χ0) is 12.1. The van der Waals surface area contributed by atoms with Gasteiger partial charge in [-0.1, -0.05) is 6.92 Å². The fraction of sp³-hybridized carbons (Fsp3) is 0.400. The van der Waals surface area contributed by atoms with Crippen molar-refractivity contribution in [2.75, 3.05) is 6.54 Å². The Kier molecular flexibility index (Phi) is 4.54. The molecular weight excluding hydrogens is 276 g/mol. The van der Waals surface area contributed by atoms with E-state index in [2.05, 4.69) is 26.2 Å². The van der Waals surface area contributed by atoms with Gasteiger partial charge in [0, 0.05) is 17.2 Å². The number of amides is 1. The summed E-state index contributed by atoms with van der Waals surface area (Å²) in [5, 5.41) is 11.3. The molecule has 0 aliphatic rings. The lowest BCUT2D eigenvalue weighted by molar-refractivity contribution is -0.141. The number of carbonyl (C=O) groups is 2. The highest BCUT2D eigenvalue weighted by Gasteiger charge is 2.12. The maximum Gasteiger partial charge on any atom is 0.306 e. The summed E-state index contributed by atoms with van der Waals surface area (Å²) in [6, 6.07) is 1.66. The third-order valence-corrected chi connectivity index (χ3v) is 2.63. The van der Waals surface area contributed by atoms with Crippen LogP contribution in [0, 0.1) is 5.92 Å². The van der Waals surface area contributed by atoms with E-state index in [0.717, 1.165) is 4.47 Å². The van der Waals surface area contributed by atoms with E-state index in [-0.39, 0.29) is 5.91 Å². The van der Waals surface area contributed by atoms with Gasteiger partial charge in [0.25, 0.3) is 5.91 Å². The molecule has 5 nitrogen and oxygen atoms in total. The highest BCUT2D eigenvalue weighted by Crippen LogP contribution is 2.10. The van der Waals surface area contributed by atoms with Gasteiger partial charge in [-0.05, 0) is 28.4 Å². The van der Waals surface area contributed by atoms with Gasteiger partial charge in [0.2, 0.25) is 0 Å². The van der Waals surface area contributed by atoms with Gasteiger partial charge in [-0.3, -0.25) is 9.59 Å². The Bertz CT molecular complexity index is 389. The average Bonchev–Trinajstić information content (AvgIpc) is 2.64. The number of carboxylic acids is 1. The smallest absolute Gasteiger partial charge is 0.306 e. The molecule has 0 aliphatic heterocycles. The Morgan fingerprint density at radius 1 is 1.62 bits per heavy atom. The molecule has 1 rings (SSSR count). The van der Waals surface area contributed by atoms with Crippen molar-refractivity contribution >= 4 is 27.8 Å². The van der Waals surface area contributed by atoms with E-state index < -0.39 is 11.9 Å². The van der Waals surface area contributed by atoms with Crippen LogP contribution in [0.1, 0.15) is 23.8 Å². The first-order valence-corrected chi connectivity index (χ1v) is 5.65. The van der Waals surface area contributed by atoms with Crippen LogP contribution in [-0.2, 0) is 4.79 Å². The van der Waals surface area contributed by atoms with Crippen LogP contribution in [0.5, 0.6) is 0 Å². The lowest BCUT2D eigenvalue weighted by atomic mass is 10.1. The van der Waals surface area contributed by atoms with Crippen LogP contribution in [0.4, 0.5) is 0 Å². The lowest BCUT2D eigenvalue weighted by Crippen LogP contribution is -2.27. The maximum absolute atomic E-state index is 11.5. The number of halogens is 1. The summed E-state index contributed by atoms with van der Waals surface area (Å²) in [6.45, 7) is 1.96. The SMILES string of the molecule is CC(CCNC(=O)c1cc(Br)c[nH]1)C(=O)O. The molecule has 88 valence electrons. The highest BCUT2D eigenvalue weighted by atomic mass is 79.9. The molecular formula is C10H13BrN2O3. The van der Waals surface area contributed by atoms with Crippen molar-refractivity contribution in [1.29, 1.82) is 0 Å². The number of hydrogen-bond donors (Lipinski definition) is 3. The molecule has 1 amide bonds.